The van der Waals surface area contributed by atoms with Crippen LogP contribution in [0.2, 0.25) is 0 Å². The van der Waals surface area contributed by atoms with E-state index in [4.69, 9.17) is 10.3 Å². The lowest BCUT2D eigenvalue weighted by Crippen LogP contribution is -2.17. The summed E-state index contributed by atoms with van der Waals surface area (Å²) < 4.78 is 5.20. The van der Waals surface area contributed by atoms with Crippen molar-refractivity contribution in [1.29, 1.82) is 0 Å². The van der Waals surface area contributed by atoms with E-state index in [0.29, 0.717) is 5.88 Å². The summed E-state index contributed by atoms with van der Waals surface area (Å²) in [6.07, 6.45) is 0.984. The van der Waals surface area contributed by atoms with Gasteiger partial charge in [0.2, 0.25) is 5.88 Å². The van der Waals surface area contributed by atoms with Gasteiger partial charge in [-0.05, 0) is 18.9 Å². The van der Waals surface area contributed by atoms with Crippen LogP contribution in [0.25, 0.3) is 11.1 Å². The molecule has 2 N–H and O–H groups in total. The summed E-state index contributed by atoms with van der Waals surface area (Å²) in [4.78, 5) is 0. The van der Waals surface area contributed by atoms with E-state index in [1.165, 1.54) is 5.56 Å². The Labute approximate surface area is 108 Å². The lowest BCUT2D eigenvalue weighted by Gasteiger charge is -2.20. The number of aromatic nitrogens is 1. The molecule has 1 aromatic carbocycles. The number of rotatable bonds is 3. The van der Waals surface area contributed by atoms with Gasteiger partial charge in [0.05, 0.1) is 11.3 Å². The minimum Gasteiger partial charge on any atom is -0.367 e. The second-order valence-corrected chi connectivity index (χ2v) is 5.37. The molecule has 0 radical (unpaired) electrons. The number of hydrogen-bond acceptors (Lipinski definition) is 3. The molecular formula is C15H20N2O. The first-order valence-electron chi connectivity index (χ1n) is 6.28. The van der Waals surface area contributed by atoms with E-state index in [1.54, 1.807) is 0 Å². The van der Waals surface area contributed by atoms with Gasteiger partial charge in [-0.1, -0.05) is 55.8 Å². The first-order valence-corrected chi connectivity index (χ1v) is 6.28. The van der Waals surface area contributed by atoms with Crippen LogP contribution >= 0.6 is 0 Å². The fourth-order valence-electron chi connectivity index (χ4n) is 1.93. The Hall–Kier alpha value is -1.77. The van der Waals surface area contributed by atoms with Crippen molar-refractivity contribution in [3.63, 3.8) is 0 Å². The average Bonchev–Trinajstić information content (AvgIpc) is 2.73. The summed E-state index contributed by atoms with van der Waals surface area (Å²) in [5.74, 6) is 0.398. The van der Waals surface area contributed by atoms with E-state index in [1.807, 2.05) is 0 Å². The van der Waals surface area contributed by atoms with Gasteiger partial charge in [-0.25, -0.2) is 0 Å². The Morgan fingerprint density at radius 3 is 2.39 bits per heavy atom. The smallest absolute Gasteiger partial charge is 0.230 e. The second-order valence-electron chi connectivity index (χ2n) is 5.37. The number of aryl methyl sites for hydroxylation is 1. The van der Waals surface area contributed by atoms with Crippen LogP contribution in [0.5, 0.6) is 0 Å². The minimum absolute atomic E-state index is 0.0403. The van der Waals surface area contributed by atoms with Crippen LogP contribution in [-0.4, -0.2) is 5.16 Å². The number of anilines is 1. The molecule has 3 nitrogen and oxygen atoms in total. The van der Waals surface area contributed by atoms with Gasteiger partial charge in [-0.2, -0.15) is 0 Å². The number of benzene rings is 1. The molecule has 0 unspecified atom stereocenters. The maximum Gasteiger partial charge on any atom is 0.230 e. The molecule has 1 heterocycles. The SMILES string of the molecule is CCC(C)(C)c1noc(N)c1-c1ccc(C)cc1. The summed E-state index contributed by atoms with van der Waals surface area (Å²) in [6, 6.07) is 8.27. The Morgan fingerprint density at radius 2 is 1.83 bits per heavy atom. The zero-order valence-corrected chi connectivity index (χ0v) is 11.4. The Balaban J connectivity index is 2.57. The Morgan fingerprint density at radius 1 is 1.22 bits per heavy atom. The molecule has 0 spiro atoms. The van der Waals surface area contributed by atoms with E-state index >= 15 is 0 Å². The zero-order chi connectivity index (χ0) is 13.3. The lowest BCUT2D eigenvalue weighted by atomic mass is 9.83. The van der Waals surface area contributed by atoms with Crippen molar-refractivity contribution < 1.29 is 4.52 Å². The number of nitrogens with zero attached hydrogens (tertiary/aromatic N) is 1. The number of hydrogen-bond donors (Lipinski definition) is 1. The molecule has 96 valence electrons. The highest BCUT2D eigenvalue weighted by Gasteiger charge is 2.28. The highest BCUT2D eigenvalue weighted by Crippen LogP contribution is 2.38. The largest absolute Gasteiger partial charge is 0.367 e. The maximum atomic E-state index is 5.93. The van der Waals surface area contributed by atoms with Gasteiger partial charge in [-0.3, -0.25) is 0 Å². The third-order valence-electron chi connectivity index (χ3n) is 3.58. The van der Waals surface area contributed by atoms with Crippen LogP contribution in [0, 0.1) is 6.92 Å². The fraction of sp³-hybridized carbons (Fsp3) is 0.400. The van der Waals surface area contributed by atoms with Crippen molar-refractivity contribution in [2.75, 3.05) is 5.73 Å². The number of nitrogens with two attached hydrogens (primary N) is 1. The third kappa shape index (κ3) is 2.13. The highest BCUT2D eigenvalue weighted by atomic mass is 16.5. The highest BCUT2D eigenvalue weighted by molar-refractivity contribution is 5.76. The zero-order valence-electron chi connectivity index (χ0n) is 11.4. The number of nitrogen functional groups attached to an aromatic ring is 1. The van der Waals surface area contributed by atoms with E-state index < -0.39 is 0 Å². The van der Waals surface area contributed by atoms with Crippen LogP contribution in [0.3, 0.4) is 0 Å². The average molecular weight is 244 g/mol. The normalized spacial score (nSPS) is 11.8. The van der Waals surface area contributed by atoms with Crippen LogP contribution in [-0.2, 0) is 5.41 Å². The summed E-state index contributed by atoms with van der Waals surface area (Å²) in [5.41, 5.74) is 10.1. The van der Waals surface area contributed by atoms with Crippen molar-refractivity contribution in [2.45, 2.75) is 39.5 Å². The van der Waals surface area contributed by atoms with Gasteiger partial charge < -0.3 is 10.3 Å². The van der Waals surface area contributed by atoms with E-state index in [-0.39, 0.29) is 5.41 Å². The molecule has 0 aliphatic rings. The molecule has 1 aromatic heterocycles. The van der Waals surface area contributed by atoms with Gasteiger partial charge in [0.15, 0.2) is 0 Å². The standard InChI is InChI=1S/C15H20N2O/c1-5-15(3,4)13-12(14(16)18-17-13)11-8-6-10(2)7-9-11/h6-9H,5,16H2,1-4H3. The third-order valence-corrected chi connectivity index (χ3v) is 3.58. The molecule has 0 atom stereocenters. The lowest BCUT2D eigenvalue weighted by molar-refractivity contribution is 0.391. The molecule has 0 saturated carbocycles. The molecule has 0 aliphatic heterocycles. The molecule has 0 fully saturated rings. The van der Waals surface area contributed by atoms with Crippen molar-refractivity contribution >= 4 is 5.88 Å². The van der Waals surface area contributed by atoms with Crippen LogP contribution in [0.1, 0.15) is 38.4 Å². The topological polar surface area (TPSA) is 52.0 Å². The van der Waals surface area contributed by atoms with Crippen LogP contribution in [0.4, 0.5) is 5.88 Å². The quantitative estimate of drug-likeness (QED) is 0.890. The summed E-state index contributed by atoms with van der Waals surface area (Å²) in [5, 5.41) is 4.16. The van der Waals surface area contributed by atoms with E-state index in [0.717, 1.165) is 23.2 Å². The molecule has 0 aliphatic carbocycles. The monoisotopic (exact) mass is 244 g/mol. The molecule has 0 amide bonds. The second kappa shape index (κ2) is 4.48. The fourth-order valence-corrected chi connectivity index (χ4v) is 1.93. The van der Waals surface area contributed by atoms with E-state index in [2.05, 4.69) is 57.1 Å². The van der Waals surface area contributed by atoms with Crippen LogP contribution in [0.15, 0.2) is 28.8 Å². The van der Waals surface area contributed by atoms with E-state index in [9.17, 15) is 0 Å². The summed E-state index contributed by atoms with van der Waals surface area (Å²) >= 11 is 0. The summed E-state index contributed by atoms with van der Waals surface area (Å²) in [7, 11) is 0. The first kappa shape index (κ1) is 12.7. The first-order chi connectivity index (χ1) is 8.45. The van der Waals surface area contributed by atoms with Gasteiger partial charge in [0, 0.05) is 5.41 Å². The molecule has 2 aromatic rings. The van der Waals surface area contributed by atoms with Gasteiger partial charge in [0.25, 0.3) is 0 Å². The molecular weight excluding hydrogens is 224 g/mol. The molecule has 3 heteroatoms. The Kier molecular flexibility index (Phi) is 3.16. The summed E-state index contributed by atoms with van der Waals surface area (Å²) in [6.45, 7) is 8.52. The van der Waals surface area contributed by atoms with Crippen molar-refractivity contribution in [3.05, 3.63) is 35.5 Å². The molecule has 0 saturated heterocycles. The van der Waals surface area contributed by atoms with Gasteiger partial charge in [0.1, 0.15) is 0 Å². The van der Waals surface area contributed by atoms with Crippen molar-refractivity contribution in [1.82, 2.24) is 5.16 Å². The minimum atomic E-state index is -0.0403. The Bertz CT molecular complexity index is 538. The maximum absolute atomic E-state index is 5.93. The molecule has 2 rings (SSSR count). The molecule has 18 heavy (non-hydrogen) atoms. The van der Waals surface area contributed by atoms with Crippen molar-refractivity contribution in [2.24, 2.45) is 0 Å². The van der Waals surface area contributed by atoms with Gasteiger partial charge in [-0.15, -0.1) is 0 Å². The predicted octanol–water partition coefficient (Wildman–Crippen LogP) is 3.92. The predicted molar refractivity (Wildman–Crippen MR) is 74.4 cm³/mol. The molecule has 0 bridgehead atoms. The van der Waals surface area contributed by atoms with Crippen molar-refractivity contribution in [3.8, 4) is 11.1 Å². The van der Waals surface area contributed by atoms with Gasteiger partial charge >= 0.3 is 0 Å². The van der Waals surface area contributed by atoms with Crippen LogP contribution < -0.4 is 5.73 Å².